The van der Waals surface area contributed by atoms with Gasteiger partial charge in [-0.15, -0.1) is 0 Å². The van der Waals surface area contributed by atoms with E-state index in [1.165, 1.54) is 70.4 Å². The molecule has 0 amide bonds. The summed E-state index contributed by atoms with van der Waals surface area (Å²) in [5.41, 5.74) is 2.11. The van der Waals surface area contributed by atoms with E-state index in [0.717, 1.165) is 76.8 Å². The van der Waals surface area contributed by atoms with Crippen molar-refractivity contribution in [2.75, 3.05) is 97.2 Å². The number of benzene rings is 2. The molecule has 0 atom stereocenters. The Hall–Kier alpha value is -5.38. The number of ketones is 2. The van der Waals surface area contributed by atoms with Crippen LogP contribution in [0.1, 0.15) is 33.8 Å². The van der Waals surface area contributed by atoms with E-state index in [0.29, 0.717) is 21.8 Å². The summed E-state index contributed by atoms with van der Waals surface area (Å²) < 4.78 is 58.2. The first-order valence-electron chi connectivity index (χ1n) is 20.8. The molecular weight excluding hydrogens is 893 g/mol. The number of nitrogens with zero attached hydrogens (tertiary/aromatic N) is 8. The van der Waals surface area contributed by atoms with Crippen molar-refractivity contribution < 1.29 is 26.4 Å². The Morgan fingerprint density at radius 3 is 1.39 bits per heavy atom. The molecule has 16 nitrogen and oxygen atoms in total. The van der Waals surface area contributed by atoms with Gasteiger partial charge in [-0.3, -0.25) is 29.0 Å². The fraction of sp³-hybridized carbons (Fsp3) is 0.318. The Morgan fingerprint density at radius 2 is 0.984 bits per heavy atom. The van der Waals surface area contributed by atoms with E-state index in [9.17, 15) is 26.4 Å². The zero-order valence-electron chi connectivity index (χ0n) is 35.4. The second kappa shape index (κ2) is 19.8. The van der Waals surface area contributed by atoms with E-state index in [1.807, 2.05) is 24.3 Å². The van der Waals surface area contributed by atoms with E-state index in [2.05, 4.69) is 53.1 Å². The summed E-state index contributed by atoms with van der Waals surface area (Å²) in [7, 11) is -1.34. The Labute approximate surface area is 380 Å². The monoisotopic (exact) mass is 940 g/mol. The maximum atomic E-state index is 13.3. The number of sulfonamides is 2. The molecule has 2 N–H and O–H groups in total. The van der Waals surface area contributed by atoms with Gasteiger partial charge in [0.05, 0.1) is 56.1 Å². The summed E-state index contributed by atoms with van der Waals surface area (Å²) >= 11 is 0. The largest absolute Gasteiger partial charge is 0.355 e. The number of pyridine rings is 4. The summed E-state index contributed by atoms with van der Waals surface area (Å²) in [6, 6.07) is 23.1. The Balaban J connectivity index is 0.787. The molecule has 334 valence electrons. The second-order valence-electron chi connectivity index (χ2n) is 15.8. The zero-order chi connectivity index (χ0) is 44.8. The van der Waals surface area contributed by atoms with Crippen LogP contribution in [0.2, 0.25) is 0 Å². The van der Waals surface area contributed by atoms with E-state index in [-0.39, 0.29) is 55.6 Å². The molecule has 6 aromatic rings. The lowest BCUT2D eigenvalue weighted by molar-refractivity contribution is 0.100. The fourth-order valence-corrected chi connectivity index (χ4v) is 11.4. The number of carbonyl (C=O) groups is 2. The van der Waals surface area contributed by atoms with Gasteiger partial charge in [-0.1, -0.05) is 21.6 Å². The van der Waals surface area contributed by atoms with Crippen molar-refractivity contribution in [2.24, 2.45) is 0 Å². The average Bonchev–Trinajstić information content (AvgIpc) is 3.66. The minimum Gasteiger partial charge on any atom is -0.355 e. The molecule has 2 aliphatic heterocycles. The van der Waals surface area contributed by atoms with Crippen molar-refractivity contribution in [1.82, 2.24) is 29.7 Å². The molecule has 6 heterocycles. The first-order chi connectivity index (χ1) is 30.8. The van der Waals surface area contributed by atoms with E-state index in [1.54, 1.807) is 24.3 Å². The molecule has 2 fully saturated rings. The van der Waals surface area contributed by atoms with Crippen molar-refractivity contribution in [3.05, 3.63) is 109 Å². The van der Waals surface area contributed by atoms with Gasteiger partial charge in [0.1, 0.15) is 23.0 Å². The van der Waals surface area contributed by atoms with Gasteiger partial charge < -0.3 is 19.6 Å². The van der Waals surface area contributed by atoms with Crippen LogP contribution in [-0.4, -0.2) is 136 Å². The second-order valence-corrected chi connectivity index (χ2v) is 21.6. The Bertz CT molecular complexity index is 2690. The lowest BCUT2D eigenvalue weighted by Crippen LogP contribution is -2.29. The molecule has 64 heavy (non-hydrogen) atoms. The molecule has 0 saturated carbocycles. The van der Waals surface area contributed by atoms with Crippen LogP contribution in [-0.2, 0) is 20.0 Å². The minimum absolute atomic E-state index is 0.0219. The van der Waals surface area contributed by atoms with Crippen LogP contribution in [0.25, 0.3) is 21.8 Å². The lowest BCUT2D eigenvalue weighted by atomic mass is 10.2. The van der Waals surface area contributed by atoms with Crippen LogP contribution >= 0.6 is 21.6 Å². The molecule has 2 saturated heterocycles. The van der Waals surface area contributed by atoms with Crippen LogP contribution in [0.4, 0.5) is 23.0 Å². The molecule has 2 aliphatic rings. The molecule has 20 heteroatoms. The highest BCUT2D eigenvalue weighted by molar-refractivity contribution is 8.77. The number of rotatable bonds is 15. The third-order valence-corrected chi connectivity index (χ3v) is 16.0. The molecule has 0 bridgehead atoms. The number of aromatic nitrogens is 4. The minimum atomic E-state index is -3.96. The fourth-order valence-electron chi connectivity index (χ4n) is 7.43. The normalized spacial score (nSPS) is 15.8. The number of fused-ring (bicyclic) bond motifs is 2. The third-order valence-electron chi connectivity index (χ3n) is 11.1. The van der Waals surface area contributed by atoms with E-state index in [4.69, 9.17) is 9.97 Å². The summed E-state index contributed by atoms with van der Waals surface area (Å²) in [4.78, 5) is 52.9. The standard InChI is InChI=1S/C44H48N10O6S4/c1-51-17-3-19-53(23-21-51)43-15-5-31-25-35(9-13-37(31)47-43)63(57,58)49-33-7-11-39(45-27-33)41(55)29-61-62-30-42(56)40-12-8-34(28-46-40)50-64(59,60)36-10-14-38-32(26-36)6-16-44(48-38)54-20-4-18-52(2)22-24-54/h5-16,25-28,49-50H,3-4,17-24,29-30H2,1-2H3. The summed E-state index contributed by atoms with van der Waals surface area (Å²) in [5.74, 6) is 1.19. The first kappa shape index (κ1) is 45.2. The summed E-state index contributed by atoms with van der Waals surface area (Å²) in [6.07, 6.45) is 4.67. The number of carbonyl (C=O) groups excluding carboxylic acids is 2. The average molecular weight is 941 g/mol. The Morgan fingerprint density at radius 1 is 0.547 bits per heavy atom. The van der Waals surface area contributed by atoms with Gasteiger partial charge in [-0.2, -0.15) is 0 Å². The van der Waals surface area contributed by atoms with Gasteiger partial charge in [-0.25, -0.2) is 26.8 Å². The van der Waals surface area contributed by atoms with E-state index >= 15 is 0 Å². The molecule has 8 rings (SSSR count). The summed E-state index contributed by atoms with van der Waals surface area (Å²) in [5, 5.41) is 1.40. The quantitative estimate of drug-likeness (QED) is 0.0702. The number of Topliss-reactive ketones (excluding diaryl/α,β-unsaturated/α-hetero) is 2. The van der Waals surface area contributed by atoms with Crippen LogP contribution in [0.5, 0.6) is 0 Å². The van der Waals surface area contributed by atoms with Crippen molar-refractivity contribution in [1.29, 1.82) is 0 Å². The van der Waals surface area contributed by atoms with Gasteiger partial charge in [0.25, 0.3) is 20.0 Å². The molecule has 0 unspecified atom stereocenters. The lowest BCUT2D eigenvalue weighted by Gasteiger charge is -2.22. The number of hydrogen-bond donors (Lipinski definition) is 2. The van der Waals surface area contributed by atoms with Gasteiger partial charge >= 0.3 is 0 Å². The first-order valence-corrected chi connectivity index (χ1v) is 26.2. The van der Waals surface area contributed by atoms with Crippen LogP contribution in [0.15, 0.2) is 107 Å². The number of hydrogen-bond acceptors (Lipinski definition) is 16. The number of anilines is 4. The summed E-state index contributed by atoms with van der Waals surface area (Å²) in [6.45, 7) is 7.56. The SMILES string of the molecule is CN1CCCN(c2ccc3cc(S(=O)(=O)Nc4ccc(C(=O)CSSCC(=O)c5ccc(NS(=O)(=O)c6ccc7nc(N8CCCN(C)CC8)ccc7c6)cn5)nc4)ccc3n2)CC1. The number of likely N-dealkylation sites (N-methyl/N-ethyl adjacent to an activating group) is 2. The maximum Gasteiger partial charge on any atom is 0.261 e. The van der Waals surface area contributed by atoms with Crippen molar-refractivity contribution in [3.63, 3.8) is 0 Å². The molecule has 0 radical (unpaired) electrons. The van der Waals surface area contributed by atoms with Gasteiger partial charge in [0.15, 0.2) is 11.6 Å². The third kappa shape index (κ3) is 11.1. The molecule has 0 aliphatic carbocycles. The predicted octanol–water partition coefficient (Wildman–Crippen LogP) is 5.91. The Kier molecular flexibility index (Phi) is 14.0. The highest BCUT2D eigenvalue weighted by Crippen LogP contribution is 2.27. The van der Waals surface area contributed by atoms with Crippen molar-refractivity contribution in [2.45, 2.75) is 22.6 Å². The van der Waals surface area contributed by atoms with Gasteiger partial charge in [0.2, 0.25) is 0 Å². The van der Waals surface area contributed by atoms with Gasteiger partial charge in [0, 0.05) is 50.0 Å². The molecule has 4 aromatic heterocycles. The molecule has 0 spiro atoms. The maximum absolute atomic E-state index is 13.3. The van der Waals surface area contributed by atoms with Crippen molar-refractivity contribution >= 4 is 98.0 Å². The van der Waals surface area contributed by atoms with Crippen LogP contribution in [0.3, 0.4) is 0 Å². The van der Waals surface area contributed by atoms with Crippen molar-refractivity contribution in [3.8, 4) is 0 Å². The van der Waals surface area contributed by atoms with Crippen LogP contribution in [0, 0.1) is 0 Å². The molecule has 2 aromatic carbocycles. The number of nitrogens with one attached hydrogen (secondary N) is 2. The highest BCUT2D eigenvalue weighted by atomic mass is 33.1. The predicted molar refractivity (Wildman–Crippen MR) is 256 cm³/mol. The molecular formula is C44H48N10O6S4. The zero-order valence-corrected chi connectivity index (χ0v) is 38.6. The topological polar surface area (TPSA) is 191 Å². The smallest absolute Gasteiger partial charge is 0.261 e. The van der Waals surface area contributed by atoms with E-state index < -0.39 is 20.0 Å². The highest BCUT2D eigenvalue weighted by Gasteiger charge is 2.21. The van der Waals surface area contributed by atoms with Crippen LogP contribution < -0.4 is 19.2 Å². The van der Waals surface area contributed by atoms with Gasteiger partial charge in [-0.05, 0) is 125 Å².